The zero-order valence-electron chi connectivity index (χ0n) is 11.3. The van der Waals surface area contributed by atoms with Gasteiger partial charge in [0.25, 0.3) is 0 Å². The van der Waals surface area contributed by atoms with Crippen LogP contribution in [-0.2, 0) is 6.54 Å². The maximum Gasteiger partial charge on any atom is 0.0320 e. The summed E-state index contributed by atoms with van der Waals surface area (Å²) in [5.74, 6) is 1.62. The average Bonchev–Trinajstić information content (AvgIpc) is 3.23. The van der Waals surface area contributed by atoms with Crippen LogP contribution in [0.5, 0.6) is 0 Å². The van der Waals surface area contributed by atoms with Crippen LogP contribution in [0.15, 0.2) is 18.2 Å². The average molecular weight is 244 g/mol. The van der Waals surface area contributed by atoms with Gasteiger partial charge in [0.05, 0.1) is 0 Å². The summed E-state index contributed by atoms with van der Waals surface area (Å²) in [6.45, 7) is 4.15. The predicted octanol–water partition coefficient (Wildman–Crippen LogP) is 3.08. The Morgan fingerprint density at radius 3 is 2.67 bits per heavy atom. The van der Waals surface area contributed by atoms with Gasteiger partial charge < -0.3 is 11.1 Å². The second-order valence-corrected chi connectivity index (χ2v) is 6.08. The largest absolute Gasteiger partial charge is 0.326 e. The highest BCUT2D eigenvalue weighted by atomic mass is 14.9. The van der Waals surface area contributed by atoms with Crippen LogP contribution in [0.4, 0.5) is 0 Å². The molecule has 0 amide bonds. The molecule has 1 heterocycles. The number of benzene rings is 1. The third-order valence-electron chi connectivity index (χ3n) is 4.47. The van der Waals surface area contributed by atoms with E-state index in [2.05, 4.69) is 30.4 Å². The number of piperidine rings is 1. The van der Waals surface area contributed by atoms with Crippen LogP contribution in [0, 0.1) is 5.92 Å². The zero-order chi connectivity index (χ0) is 12.5. The molecule has 2 atom stereocenters. The topological polar surface area (TPSA) is 38.0 Å². The molecule has 0 bridgehead atoms. The van der Waals surface area contributed by atoms with Gasteiger partial charge >= 0.3 is 0 Å². The van der Waals surface area contributed by atoms with Gasteiger partial charge in [-0.15, -0.1) is 0 Å². The van der Waals surface area contributed by atoms with Crippen LogP contribution in [0.25, 0.3) is 0 Å². The monoisotopic (exact) mass is 244 g/mol. The Labute approximate surface area is 110 Å². The van der Waals surface area contributed by atoms with E-state index in [1.54, 1.807) is 0 Å². The highest BCUT2D eigenvalue weighted by Gasteiger charge is 2.26. The van der Waals surface area contributed by atoms with Gasteiger partial charge in [0.15, 0.2) is 0 Å². The van der Waals surface area contributed by atoms with Gasteiger partial charge in [-0.3, -0.25) is 0 Å². The molecule has 3 rings (SSSR count). The fourth-order valence-electron chi connectivity index (χ4n) is 3.10. The molecule has 1 aromatic rings. The van der Waals surface area contributed by atoms with Crippen molar-refractivity contribution in [3.05, 3.63) is 34.9 Å². The molecule has 98 valence electrons. The van der Waals surface area contributed by atoms with E-state index in [9.17, 15) is 0 Å². The molecule has 2 fully saturated rings. The van der Waals surface area contributed by atoms with Gasteiger partial charge in [-0.2, -0.15) is 0 Å². The van der Waals surface area contributed by atoms with E-state index >= 15 is 0 Å². The Morgan fingerprint density at radius 2 is 2.06 bits per heavy atom. The van der Waals surface area contributed by atoms with E-state index < -0.39 is 0 Å². The molecule has 2 aliphatic rings. The minimum Gasteiger partial charge on any atom is -0.326 e. The van der Waals surface area contributed by atoms with Crippen molar-refractivity contribution < 1.29 is 0 Å². The molecule has 0 radical (unpaired) electrons. The summed E-state index contributed by atoms with van der Waals surface area (Å²) < 4.78 is 0. The van der Waals surface area contributed by atoms with Crippen LogP contribution in [-0.4, -0.2) is 6.54 Å². The molecule has 18 heavy (non-hydrogen) atoms. The standard InChI is InChI=1S/C16H24N2/c1-11-2-7-16(18-10-11)13-5-6-15(12-3-4-12)14(8-13)9-17/h5-6,8,11-12,16,18H,2-4,7,9-10,17H2,1H3. The molecule has 0 aromatic heterocycles. The van der Waals surface area contributed by atoms with Crippen molar-refractivity contribution in [2.24, 2.45) is 11.7 Å². The molecular formula is C16H24N2. The second kappa shape index (κ2) is 5.02. The van der Waals surface area contributed by atoms with Crippen molar-refractivity contribution in [2.75, 3.05) is 6.54 Å². The lowest BCUT2D eigenvalue weighted by Crippen LogP contribution is -2.31. The minimum absolute atomic E-state index is 0.541. The lowest BCUT2D eigenvalue weighted by Gasteiger charge is -2.28. The summed E-state index contributed by atoms with van der Waals surface area (Å²) in [5, 5.41) is 3.66. The predicted molar refractivity (Wildman–Crippen MR) is 75.5 cm³/mol. The molecule has 0 spiro atoms. The Balaban J connectivity index is 1.80. The summed E-state index contributed by atoms with van der Waals surface area (Å²) in [7, 11) is 0. The van der Waals surface area contributed by atoms with Gasteiger partial charge in [0.1, 0.15) is 0 Å². The van der Waals surface area contributed by atoms with Crippen LogP contribution < -0.4 is 11.1 Å². The molecule has 3 N–H and O–H groups in total. The van der Waals surface area contributed by atoms with Crippen LogP contribution in [0.3, 0.4) is 0 Å². The van der Waals surface area contributed by atoms with Crippen LogP contribution in [0.2, 0.25) is 0 Å². The molecular weight excluding hydrogens is 220 g/mol. The van der Waals surface area contributed by atoms with E-state index in [1.165, 1.54) is 42.4 Å². The molecule has 2 unspecified atom stereocenters. The number of hydrogen-bond acceptors (Lipinski definition) is 2. The smallest absolute Gasteiger partial charge is 0.0320 e. The summed E-state index contributed by atoms with van der Waals surface area (Å²) in [4.78, 5) is 0. The lowest BCUT2D eigenvalue weighted by molar-refractivity contribution is 0.333. The normalized spacial score (nSPS) is 28.3. The van der Waals surface area contributed by atoms with Crippen molar-refractivity contribution in [3.63, 3.8) is 0 Å². The van der Waals surface area contributed by atoms with E-state index in [0.717, 1.165) is 18.4 Å². The van der Waals surface area contributed by atoms with E-state index in [4.69, 9.17) is 5.73 Å². The van der Waals surface area contributed by atoms with Crippen LogP contribution >= 0.6 is 0 Å². The Bertz CT molecular complexity index is 415. The first kappa shape index (κ1) is 12.2. The Hall–Kier alpha value is -0.860. The summed E-state index contributed by atoms with van der Waals surface area (Å²) >= 11 is 0. The van der Waals surface area contributed by atoms with Gasteiger partial charge in [-0.25, -0.2) is 0 Å². The van der Waals surface area contributed by atoms with Gasteiger partial charge in [0, 0.05) is 12.6 Å². The van der Waals surface area contributed by atoms with E-state index in [0.29, 0.717) is 12.6 Å². The number of nitrogens with one attached hydrogen (secondary N) is 1. The Kier molecular flexibility index (Phi) is 3.40. The zero-order valence-corrected chi connectivity index (χ0v) is 11.3. The van der Waals surface area contributed by atoms with Gasteiger partial charge in [-0.05, 0) is 60.8 Å². The molecule has 1 saturated heterocycles. The van der Waals surface area contributed by atoms with Crippen molar-refractivity contribution in [2.45, 2.75) is 51.1 Å². The minimum atomic E-state index is 0.541. The molecule has 2 nitrogen and oxygen atoms in total. The van der Waals surface area contributed by atoms with E-state index in [1.807, 2.05) is 0 Å². The quantitative estimate of drug-likeness (QED) is 0.857. The number of rotatable bonds is 3. The third kappa shape index (κ3) is 2.45. The van der Waals surface area contributed by atoms with Crippen molar-refractivity contribution in [1.29, 1.82) is 0 Å². The molecule has 1 aliphatic carbocycles. The van der Waals surface area contributed by atoms with Crippen molar-refractivity contribution in [1.82, 2.24) is 5.32 Å². The highest BCUT2D eigenvalue weighted by molar-refractivity contribution is 5.38. The van der Waals surface area contributed by atoms with Crippen LogP contribution in [0.1, 0.15) is 61.3 Å². The summed E-state index contributed by atoms with van der Waals surface area (Å²) in [6, 6.07) is 7.54. The summed E-state index contributed by atoms with van der Waals surface area (Å²) in [5.41, 5.74) is 10.2. The van der Waals surface area contributed by atoms with Gasteiger partial charge in [0.2, 0.25) is 0 Å². The van der Waals surface area contributed by atoms with Crippen molar-refractivity contribution >= 4 is 0 Å². The summed E-state index contributed by atoms with van der Waals surface area (Å²) in [6.07, 6.45) is 5.30. The fourth-order valence-corrected chi connectivity index (χ4v) is 3.10. The maximum absolute atomic E-state index is 5.92. The first-order valence-corrected chi connectivity index (χ1v) is 7.34. The maximum atomic E-state index is 5.92. The molecule has 1 aliphatic heterocycles. The highest BCUT2D eigenvalue weighted by Crippen LogP contribution is 2.42. The molecule has 1 aromatic carbocycles. The van der Waals surface area contributed by atoms with Crippen molar-refractivity contribution in [3.8, 4) is 0 Å². The number of hydrogen-bond donors (Lipinski definition) is 2. The molecule has 1 saturated carbocycles. The SMILES string of the molecule is CC1CCC(c2ccc(C3CC3)c(CN)c2)NC1. The first-order valence-electron chi connectivity index (χ1n) is 7.34. The second-order valence-electron chi connectivity index (χ2n) is 6.08. The Morgan fingerprint density at radius 1 is 1.22 bits per heavy atom. The first-order chi connectivity index (χ1) is 8.78. The van der Waals surface area contributed by atoms with Gasteiger partial charge in [-0.1, -0.05) is 25.1 Å². The fraction of sp³-hybridized carbons (Fsp3) is 0.625. The third-order valence-corrected chi connectivity index (χ3v) is 4.47. The number of nitrogens with two attached hydrogens (primary N) is 1. The molecule has 2 heteroatoms. The lowest BCUT2D eigenvalue weighted by atomic mass is 9.90. The van der Waals surface area contributed by atoms with E-state index in [-0.39, 0.29) is 0 Å².